The van der Waals surface area contributed by atoms with E-state index in [1.54, 1.807) is 20.8 Å². The maximum atomic E-state index is 12.2. The largest absolute Gasteiger partial charge is 0.444 e. The molecule has 3 nitrogen and oxygen atoms in total. The van der Waals surface area contributed by atoms with Crippen molar-refractivity contribution in [3.8, 4) is 0 Å². The van der Waals surface area contributed by atoms with Crippen molar-refractivity contribution in [2.75, 3.05) is 6.54 Å². The highest BCUT2D eigenvalue weighted by molar-refractivity contribution is 5.67. The fraction of sp³-hybridized carbons (Fsp3) is 0.875. The van der Waals surface area contributed by atoms with Crippen molar-refractivity contribution < 1.29 is 13.9 Å². The molecule has 1 atom stereocenters. The molecule has 0 aliphatic rings. The van der Waals surface area contributed by atoms with E-state index in [0.717, 1.165) is 0 Å². The van der Waals surface area contributed by atoms with Crippen LogP contribution in [0, 0.1) is 0 Å². The molecule has 1 N–H and O–H groups in total. The Bertz CT molecular complexity index is 152. The predicted octanol–water partition coefficient (Wildman–Crippen LogP) is 1.87. The van der Waals surface area contributed by atoms with E-state index in [-0.39, 0.29) is 6.54 Å². The molecule has 0 heterocycles. The van der Waals surface area contributed by atoms with Gasteiger partial charge in [0.1, 0.15) is 11.8 Å². The first-order valence-corrected chi connectivity index (χ1v) is 3.92. The number of amides is 1. The van der Waals surface area contributed by atoms with E-state index in [4.69, 9.17) is 4.74 Å². The first-order chi connectivity index (χ1) is 5.31. The van der Waals surface area contributed by atoms with Crippen molar-refractivity contribution in [2.24, 2.45) is 0 Å². The fourth-order valence-corrected chi connectivity index (χ4v) is 0.538. The molecule has 12 heavy (non-hydrogen) atoms. The van der Waals surface area contributed by atoms with Crippen LogP contribution < -0.4 is 5.32 Å². The van der Waals surface area contributed by atoms with Crippen molar-refractivity contribution in [3.63, 3.8) is 0 Å². The van der Waals surface area contributed by atoms with Gasteiger partial charge in [-0.2, -0.15) is 0 Å². The first kappa shape index (κ1) is 11.2. The number of alkyl halides is 1. The summed E-state index contributed by atoms with van der Waals surface area (Å²) >= 11 is 0. The Kier molecular flexibility index (Phi) is 4.00. The average Bonchev–Trinajstić information content (AvgIpc) is 1.79. The Labute approximate surface area is 72.3 Å². The second-order valence-electron chi connectivity index (χ2n) is 3.66. The van der Waals surface area contributed by atoms with Gasteiger partial charge < -0.3 is 10.1 Å². The van der Waals surface area contributed by atoms with Gasteiger partial charge in [0.15, 0.2) is 0 Å². The summed E-state index contributed by atoms with van der Waals surface area (Å²) in [6, 6.07) is 0. The lowest BCUT2D eigenvalue weighted by atomic mass is 10.2. The maximum Gasteiger partial charge on any atom is 0.407 e. The molecule has 0 aromatic rings. The lowest BCUT2D eigenvalue weighted by Crippen LogP contribution is -2.35. The minimum Gasteiger partial charge on any atom is -0.444 e. The standard InChI is InChI=1S/C8H16FNO2/c1-6(9)5-10-7(11)12-8(2,3)4/h6H,5H2,1-4H3,(H,10,11)/t6-/m1/s1. The van der Waals surface area contributed by atoms with Crippen molar-refractivity contribution >= 4 is 6.09 Å². The SMILES string of the molecule is C[C@@H](F)CNC(=O)OC(C)(C)C. The van der Waals surface area contributed by atoms with Crippen LogP contribution in [0.5, 0.6) is 0 Å². The number of ether oxygens (including phenoxy) is 1. The number of halogens is 1. The van der Waals surface area contributed by atoms with Gasteiger partial charge in [0, 0.05) is 0 Å². The topological polar surface area (TPSA) is 38.3 Å². The number of carbonyl (C=O) groups is 1. The molecule has 0 saturated heterocycles. The number of alkyl carbamates (subject to hydrolysis) is 1. The maximum absolute atomic E-state index is 12.2. The summed E-state index contributed by atoms with van der Waals surface area (Å²) in [6.45, 7) is 6.63. The minimum atomic E-state index is -1.04. The average molecular weight is 177 g/mol. The molecule has 0 aromatic carbocycles. The second kappa shape index (κ2) is 4.28. The molecule has 0 rings (SSSR count). The zero-order chi connectivity index (χ0) is 9.78. The van der Waals surface area contributed by atoms with Gasteiger partial charge in [-0.3, -0.25) is 0 Å². The zero-order valence-corrected chi connectivity index (χ0v) is 7.98. The van der Waals surface area contributed by atoms with Gasteiger partial charge in [-0.1, -0.05) is 0 Å². The van der Waals surface area contributed by atoms with Gasteiger partial charge in [0.05, 0.1) is 6.54 Å². The van der Waals surface area contributed by atoms with E-state index in [1.165, 1.54) is 6.92 Å². The van der Waals surface area contributed by atoms with Crippen LogP contribution in [0.1, 0.15) is 27.7 Å². The highest BCUT2D eigenvalue weighted by Gasteiger charge is 2.15. The third kappa shape index (κ3) is 7.31. The summed E-state index contributed by atoms with van der Waals surface area (Å²) in [5.41, 5.74) is -0.524. The van der Waals surface area contributed by atoms with Gasteiger partial charge in [-0.05, 0) is 27.7 Å². The molecule has 72 valence electrons. The third-order valence-electron chi connectivity index (χ3n) is 0.927. The van der Waals surface area contributed by atoms with E-state index in [1.807, 2.05) is 0 Å². The molecule has 4 heteroatoms. The molecule has 0 radical (unpaired) electrons. The van der Waals surface area contributed by atoms with Crippen LogP contribution >= 0.6 is 0 Å². The number of rotatable bonds is 2. The van der Waals surface area contributed by atoms with Crippen molar-refractivity contribution in [1.82, 2.24) is 5.32 Å². The Balaban J connectivity index is 3.61. The van der Waals surface area contributed by atoms with Crippen molar-refractivity contribution in [1.29, 1.82) is 0 Å². The van der Waals surface area contributed by atoms with E-state index in [0.29, 0.717) is 0 Å². The molecule has 0 unspecified atom stereocenters. The summed E-state index contributed by atoms with van der Waals surface area (Å²) in [5, 5.41) is 2.30. The Hall–Kier alpha value is -0.800. The number of carbonyl (C=O) groups excluding carboxylic acids is 1. The van der Waals surface area contributed by atoms with E-state index in [9.17, 15) is 9.18 Å². The van der Waals surface area contributed by atoms with Gasteiger partial charge >= 0.3 is 6.09 Å². The van der Waals surface area contributed by atoms with E-state index in [2.05, 4.69) is 5.32 Å². The summed E-state index contributed by atoms with van der Waals surface area (Å²) < 4.78 is 17.1. The molecule has 0 spiro atoms. The van der Waals surface area contributed by atoms with Crippen LogP contribution in [0.4, 0.5) is 9.18 Å². The summed E-state index contributed by atoms with van der Waals surface area (Å²) in [4.78, 5) is 10.9. The highest BCUT2D eigenvalue weighted by Crippen LogP contribution is 2.06. The van der Waals surface area contributed by atoms with Gasteiger partial charge in [-0.25, -0.2) is 9.18 Å². The van der Waals surface area contributed by atoms with Gasteiger partial charge in [0.25, 0.3) is 0 Å². The van der Waals surface area contributed by atoms with Gasteiger partial charge in [-0.15, -0.1) is 0 Å². The van der Waals surface area contributed by atoms with Crippen LogP contribution in [-0.4, -0.2) is 24.4 Å². The molecule has 0 saturated carbocycles. The van der Waals surface area contributed by atoms with Gasteiger partial charge in [0.2, 0.25) is 0 Å². The Morgan fingerprint density at radius 2 is 2.08 bits per heavy atom. The summed E-state index contributed by atoms with van der Waals surface area (Å²) in [7, 11) is 0. The van der Waals surface area contributed by atoms with Crippen LogP contribution in [0.15, 0.2) is 0 Å². The quantitative estimate of drug-likeness (QED) is 0.699. The van der Waals surface area contributed by atoms with Crippen LogP contribution in [0.25, 0.3) is 0 Å². The molecule has 0 aromatic heterocycles. The molecule has 0 bridgehead atoms. The smallest absolute Gasteiger partial charge is 0.407 e. The van der Waals surface area contributed by atoms with Crippen molar-refractivity contribution in [2.45, 2.75) is 39.5 Å². The van der Waals surface area contributed by atoms with Crippen LogP contribution in [-0.2, 0) is 4.74 Å². The minimum absolute atomic E-state index is 0.00505. The highest BCUT2D eigenvalue weighted by atomic mass is 19.1. The van der Waals surface area contributed by atoms with E-state index < -0.39 is 17.9 Å². The number of nitrogens with one attached hydrogen (secondary N) is 1. The molecule has 0 aliphatic heterocycles. The Morgan fingerprint density at radius 3 is 2.42 bits per heavy atom. The number of hydrogen-bond acceptors (Lipinski definition) is 2. The monoisotopic (exact) mass is 177 g/mol. The number of hydrogen-bond donors (Lipinski definition) is 1. The molecule has 0 fully saturated rings. The predicted molar refractivity (Wildman–Crippen MR) is 44.8 cm³/mol. The lowest BCUT2D eigenvalue weighted by molar-refractivity contribution is 0.0515. The normalized spacial score (nSPS) is 13.8. The summed E-state index contributed by atoms with van der Waals surface area (Å²) in [6.07, 6.45) is -1.62. The third-order valence-corrected chi connectivity index (χ3v) is 0.927. The molecular weight excluding hydrogens is 161 g/mol. The molecular formula is C8H16FNO2. The Morgan fingerprint density at radius 1 is 1.58 bits per heavy atom. The zero-order valence-electron chi connectivity index (χ0n) is 7.98. The fourth-order valence-electron chi connectivity index (χ4n) is 0.538. The van der Waals surface area contributed by atoms with Crippen LogP contribution in [0.2, 0.25) is 0 Å². The lowest BCUT2D eigenvalue weighted by Gasteiger charge is -2.19. The first-order valence-electron chi connectivity index (χ1n) is 3.92. The second-order valence-corrected chi connectivity index (χ2v) is 3.66. The van der Waals surface area contributed by atoms with Crippen LogP contribution in [0.3, 0.4) is 0 Å². The van der Waals surface area contributed by atoms with E-state index >= 15 is 0 Å². The van der Waals surface area contributed by atoms with Crippen molar-refractivity contribution in [3.05, 3.63) is 0 Å². The molecule has 1 amide bonds. The summed E-state index contributed by atoms with van der Waals surface area (Å²) in [5.74, 6) is 0. The molecule has 0 aliphatic carbocycles.